The van der Waals surface area contributed by atoms with Gasteiger partial charge < -0.3 is 31.5 Å². The number of carbonyl (C=O) groups is 8. The molecule has 32 heteroatoms. The van der Waals surface area contributed by atoms with Crippen LogP contribution >= 0.6 is 0 Å². The predicted molar refractivity (Wildman–Crippen MR) is 356 cm³/mol. The van der Waals surface area contributed by atoms with Crippen molar-refractivity contribution in [3.8, 4) is 0 Å². The summed E-state index contributed by atoms with van der Waals surface area (Å²) in [4.78, 5) is 107. The average Bonchev–Trinajstić information content (AvgIpc) is 1.59. The summed E-state index contributed by atoms with van der Waals surface area (Å²) in [6.07, 6.45) is 16.9. The summed E-state index contributed by atoms with van der Waals surface area (Å²) in [6.45, 7) is 9.65. The number of rotatable bonds is 16. The first kappa shape index (κ1) is 77.7. The first-order valence-electron chi connectivity index (χ1n) is 32.0. The van der Waals surface area contributed by atoms with E-state index >= 15 is 0 Å². The number of fused-ring (bicyclic) bond motifs is 5. The first-order chi connectivity index (χ1) is 45.0. The topological polar surface area (TPSA) is 424 Å². The Labute approximate surface area is 561 Å². The molecule has 0 radical (unpaired) electrons. The maximum Gasteiger partial charge on any atom is 0.294 e. The number of nitrogens with one attached hydrogen (secondary N) is 5. The molecule has 0 saturated carbocycles. The third kappa shape index (κ3) is 23.2. The van der Waals surface area contributed by atoms with Gasteiger partial charge in [-0.25, -0.2) is 0 Å². The number of amides is 7. The third-order valence-corrected chi connectivity index (χ3v) is 20.5. The van der Waals surface area contributed by atoms with Gasteiger partial charge in [0.25, 0.3) is 52.3 Å². The van der Waals surface area contributed by atoms with Gasteiger partial charge in [0.2, 0.25) is 35.2 Å². The van der Waals surface area contributed by atoms with Gasteiger partial charge >= 0.3 is 0 Å². The number of Topliss-reactive ketones (excluding diaryl/α,β-unsaturated/α-hetero) is 1. The van der Waals surface area contributed by atoms with Gasteiger partial charge in [-0.15, -0.1) is 0 Å². The van der Waals surface area contributed by atoms with Gasteiger partial charge in [0.05, 0.1) is 22.0 Å². The second kappa shape index (κ2) is 34.2. The average molecular weight is 1420 g/mol. The summed E-state index contributed by atoms with van der Waals surface area (Å²) >= 11 is 0. The lowest BCUT2D eigenvalue weighted by Gasteiger charge is -2.30. The summed E-state index contributed by atoms with van der Waals surface area (Å²) in [7, 11) is -20.0. The molecule has 4 atom stereocenters. The Hall–Kier alpha value is -7.33. The fourth-order valence-electron chi connectivity index (χ4n) is 12.4. The van der Waals surface area contributed by atoms with E-state index in [2.05, 4.69) is 64.0 Å². The van der Waals surface area contributed by atoms with E-state index in [1.807, 2.05) is 48.4 Å². The largest absolute Gasteiger partial charge is 0.356 e. The molecule has 2 aromatic rings. The monoisotopic (exact) mass is 1420 g/mol. The standard InChI is InChI=1S/C64H88N8O20S4/c1-44-25-27-51-47(38-44)63(2,3)54-20-10-5-11-21-55-64(4,48-40-46(96(90,91)92)26-28-52(48)71(55)36-19-8-14-23-57(75)66-34-37-72-59(77)29-30-60(72)78)31-15-6-12-24-58(76)68-50(43-95(87,88)89)62(80)69-49(42-94(84,85)86)53(73)39-45(41-93(81,82)83)61(79)67-33-17-9-16-32-65-56(74)22-13-7-18-35-70(51)54/h5,10-11,20-21,25-30,38,40,45,49-50H,6-9,12-19,22-24,31-37,39,41-43H2,1-4H3,(H8-,65,66,67,68,69,74,75,76,79,80,81,82,83,84,85,86,87,88,89,90,91,92)/p+1. The van der Waals surface area contributed by atoms with Crippen LogP contribution in [0, 0.1) is 12.8 Å². The fraction of sp³-hybridized carbons (Fsp3) is 0.547. The quantitative estimate of drug-likeness (QED) is 0.0494. The van der Waals surface area contributed by atoms with Gasteiger partial charge in [0.15, 0.2) is 11.5 Å². The smallest absolute Gasteiger partial charge is 0.294 e. The Kier molecular flexibility index (Phi) is 27.7. The van der Waals surface area contributed by atoms with E-state index in [1.165, 1.54) is 12.1 Å². The van der Waals surface area contributed by atoms with E-state index < -0.39 is 128 Å². The number of ketones is 1. The fourth-order valence-corrected chi connectivity index (χ4v) is 15.0. The van der Waals surface area contributed by atoms with Crippen molar-refractivity contribution in [1.82, 2.24) is 31.5 Å². The van der Waals surface area contributed by atoms with Crippen LogP contribution in [0.15, 0.2) is 89.5 Å². The van der Waals surface area contributed by atoms with Gasteiger partial charge in [0.1, 0.15) is 30.1 Å². The van der Waals surface area contributed by atoms with Crippen LogP contribution in [-0.2, 0) is 89.7 Å². The molecule has 4 unspecified atom stereocenters. The molecular weight excluding hydrogens is 1330 g/mol. The highest BCUT2D eigenvalue weighted by molar-refractivity contribution is 7.86. The van der Waals surface area contributed by atoms with Crippen molar-refractivity contribution in [2.45, 2.75) is 165 Å². The molecule has 0 aliphatic carbocycles. The van der Waals surface area contributed by atoms with Crippen LogP contribution in [0.25, 0.3) is 0 Å². The second-order valence-corrected chi connectivity index (χ2v) is 31.2. The molecule has 96 heavy (non-hydrogen) atoms. The lowest BCUT2D eigenvalue weighted by atomic mass is 9.77. The number of allylic oxidation sites excluding steroid dienone is 6. The van der Waals surface area contributed by atoms with Crippen molar-refractivity contribution in [3.63, 3.8) is 0 Å². The molecule has 7 amide bonds. The van der Waals surface area contributed by atoms with Gasteiger partial charge in [0, 0.05) is 111 Å². The summed E-state index contributed by atoms with van der Waals surface area (Å²) < 4.78 is 140. The van der Waals surface area contributed by atoms with Gasteiger partial charge in [-0.3, -0.25) is 61.5 Å². The number of aryl methyl sites for hydroxylation is 1. The molecule has 4 aliphatic heterocycles. The molecule has 9 N–H and O–H groups in total. The number of benzene rings is 2. The number of nitrogens with zero attached hydrogens (tertiary/aromatic N) is 3. The van der Waals surface area contributed by atoms with Crippen molar-refractivity contribution in [2.75, 3.05) is 61.4 Å². The Morgan fingerprint density at radius 1 is 0.625 bits per heavy atom. The van der Waals surface area contributed by atoms with Crippen LogP contribution in [0.3, 0.4) is 0 Å². The molecule has 528 valence electrons. The molecule has 0 fully saturated rings. The molecule has 0 aromatic heterocycles. The normalized spacial score (nSPS) is 22.4. The van der Waals surface area contributed by atoms with Crippen LogP contribution in [0.1, 0.15) is 147 Å². The molecule has 4 heterocycles. The van der Waals surface area contributed by atoms with Crippen molar-refractivity contribution in [2.24, 2.45) is 5.92 Å². The van der Waals surface area contributed by atoms with Gasteiger partial charge in [-0.05, 0) is 121 Å². The molecule has 6 rings (SSSR count). The van der Waals surface area contributed by atoms with E-state index in [4.69, 9.17) is 0 Å². The second-order valence-electron chi connectivity index (χ2n) is 25.3. The van der Waals surface area contributed by atoms with E-state index in [-0.39, 0.29) is 68.4 Å². The Morgan fingerprint density at radius 2 is 1.26 bits per heavy atom. The first-order valence-corrected chi connectivity index (χ1v) is 38.3. The maximum absolute atomic E-state index is 13.7. The summed E-state index contributed by atoms with van der Waals surface area (Å²) in [5, 5.41) is 12.2. The predicted octanol–water partition coefficient (Wildman–Crippen LogP) is 4.13. The number of unbranched alkanes of at least 4 members (excludes halogenated alkanes) is 2. The van der Waals surface area contributed by atoms with Crippen LogP contribution < -0.4 is 31.5 Å². The van der Waals surface area contributed by atoms with Crippen LogP contribution in [-0.4, -0.2) is 183 Å². The third-order valence-electron chi connectivity index (χ3n) is 17.3. The Morgan fingerprint density at radius 3 is 1.93 bits per heavy atom. The summed E-state index contributed by atoms with van der Waals surface area (Å²) in [6, 6.07) is 6.17. The summed E-state index contributed by atoms with van der Waals surface area (Å²) in [5.74, 6) is -12.6. The zero-order valence-electron chi connectivity index (χ0n) is 54.4. The van der Waals surface area contributed by atoms with Crippen molar-refractivity contribution >= 4 is 105 Å². The maximum atomic E-state index is 13.7. The van der Waals surface area contributed by atoms with Crippen molar-refractivity contribution in [3.05, 3.63) is 101 Å². The van der Waals surface area contributed by atoms with E-state index in [0.29, 0.717) is 88.7 Å². The van der Waals surface area contributed by atoms with E-state index in [9.17, 15) is 90.2 Å². The molecule has 2 aromatic carbocycles. The molecular formula is C64H89N8O20S4+. The molecule has 0 spiro atoms. The Bertz CT molecular complexity index is 3880. The van der Waals surface area contributed by atoms with E-state index in [0.717, 1.165) is 58.1 Å². The highest BCUT2D eigenvalue weighted by Gasteiger charge is 2.46. The van der Waals surface area contributed by atoms with Crippen molar-refractivity contribution < 1.29 is 94.8 Å². The number of imide groups is 1. The highest BCUT2D eigenvalue weighted by Crippen LogP contribution is 2.52. The van der Waals surface area contributed by atoms with Crippen LogP contribution in [0.5, 0.6) is 0 Å². The lowest BCUT2D eigenvalue weighted by molar-refractivity contribution is -0.438. The van der Waals surface area contributed by atoms with Gasteiger partial charge in [-0.2, -0.15) is 38.2 Å². The van der Waals surface area contributed by atoms with Crippen LogP contribution in [0.2, 0.25) is 0 Å². The molecule has 0 saturated heterocycles. The zero-order chi connectivity index (χ0) is 70.8. The number of hydrogen-bond acceptors (Lipinski definition) is 17. The minimum Gasteiger partial charge on any atom is -0.356 e. The van der Waals surface area contributed by atoms with E-state index in [1.54, 1.807) is 6.07 Å². The lowest BCUT2D eigenvalue weighted by Crippen LogP contribution is -2.56. The highest BCUT2D eigenvalue weighted by atomic mass is 32.2. The molecule has 0 bridgehead atoms. The van der Waals surface area contributed by atoms with Gasteiger partial charge in [-0.1, -0.05) is 49.1 Å². The SMILES string of the molecule is Cc1ccc2c(c1)C(C)(C)C1=[N+]2CCCCCC(=O)NCCCCCNC(=O)C(CS(=O)(=O)O)CC(=O)C(CS(=O)(=O)O)NC(=O)C(CS(=O)(=O)O)NC(=O)CCCCCC2(C)C(=CC=CC=C1)N(CCCCCC(=O)NCCN1C(=O)C=CC1=O)c1ccc(S(=O)(=O)O)cc12. The number of anilines is 1. The molecule has 28 nitrogen and oxygen atoms in total. The minimum atomic E-state index is -5.19. The zero-order valence-corrected chi connectivity index (χ0v) is 57.7. The minimum absolute atomic E-state index is 0.0174. The molecule has 4 aliphatic rings. The van der Waals surface area contributed by atoms with Crippen LogP contribution in [0.4, 0.5) is 11.4 Å². The number of carbonyl (C=O) groups excluding carboxylic acids is 8. The number of hydrogen-bond donors (Lipinski definition) is 9. The Balaban J connectivity index is 1.30. The van der Waals surface area contributed by atoms with Crippen molar-refractivity contribution in [1.29, 1.82) is 0 Å². The summed E-state index contributed by atoms with van der Waals surface area (Å²) in [5.41, 5.74) is 4.89.